The number of imide groups is 1. The summed E-state index contributed by atoms with van der Waals surface area (Å²) in [6, 6.07) is 7.65. The average molecular weight is 363 g/mol. The molecule has 6 nitrogen and oxygen atoms in total. The molecule has 3 saturated heterocycles. The van der Waals surface area contributed by atoms with E-state index in [0.717, 1.165) is 62.8 Å². The van der Waals surface area contributed by atoms with Crippen molar-refractivity contribution in [2.24, 2.45) is 0 Å². The van der Waals surface area contributed by atoms with Gasteiger partial charge >= 0.3 is 6.03 Å². The predicted octanol–water partition coefficient (Wildman–Crippen LogP) is 1.89. The standard InChI is InChI=1S/C18H23ClN4O2/c19-14-3-1-4-15(13-14)21-10-7-20(8-11-21)9-12-23-17(24)16-5-2-6-22(16)18(23)25/h1,3-4,13,16H,2,5-12H2/t16-/m0/s1. The van der Waals surface area contributed by atoms with Crippen LogP contribution in [-0.4, -0.2) is 78.5 Å². The monoisotopic (exact) mass is 362 g/mol. The van der Waals surface area contributed by atoms with Crippen LogP contribution in [-0.2, 0) is 4.79 Å². The van der Waals surface area contributed by atoms with E-state index in [1.165, 1.54) is 4.90 Å². The summed E-state index contributed by atoms with van der Waals surface area (Å²) in [7, 11) is 0. The van der Waals surface area contributed by atoms with Crippen molar-refractivity contribution in [1.29, 1.82) is 0 Å². The van der Waals surface area contributed by atoms with E-state index in [-0.39, 0.29) is 18.0 Å². The lowest BCUT2D eigenvalue weighted by atomic mass is 10.2. The highest BCUT2D eigenvalue weighted by Gasteiger charge is 2.47. The first-order valence-electron chi connectivity index (χ1n) is 8.98. The Morgan fingerprint density at radius 2 is 1.84 bits per heavy atom. The molecule has 0 bridgehead atoms. The number of amides is 3. The maximum absolute atomic E-state index is 12.4. The van der Waals surface area contributed by atoms with Crippen molar-refractivity contribution in [2.75, 3.05) is 50.7 Å². The van der Waals surface area contributed by atoms with Crippen LogP contribution in [0.4, 0.5) is 10.5 Å². The van der Waals surface area contributed by atoms with E-state index >= 15 is 0 Å². The molecule has 3 heterocycles. The molecule has 3 amide bonds. The molecule has 4 rings (SSSR count). The van der Waals surface area contributed by atoms with Crippen LogP contribution in [0.15, 0.2) is 24.3 Å². The van der Waals surface area contributed by atoms with Crippen LogP contribution < -0.4 is 4.90 Å². The van der Waals surface area contributed by atoms with Crippen molar-refractivity contribution < 1.29 is 9.59 Å². The van der Waals surface area contributed by atoms with Crippen LogP contribution in [0, 0.1) is 0 Å². The maximum atomic E-state index is 12.4. The highest BCUT2D eigenvalue weighted by atomic mass is 35.5. The number of nitrogens with zero attached hydrogens (tertiary/aromatic N) is 4. The van der Waals surface area contributed by atoms with Crippen LogP contribution in [0.1, 0.15) is 12.8 Å². The fourth-order valence-corrected chi connectivity index (χ4v) is 4.22. The highest BCUT2D eigenvalue weighted by molar-refractivity contribution is 6.30. The molecular formula is C18H23ClN4O2. The first-order valence-corrected chi connectivity index (χ1v) is 9.36. The van der Waals surface area contributed by atoms with E-state index in [1.54, 1.807) is 4.90 Å². The summed E-state index contributed by atoms with van der Waals surface area (Å²) in [6.07, 6.45) is 1.76. The van der Waals surface area contributed by atoms with Crippen LogP contribution in [0.2, 0.25) is 5.02 Å². The largest absolute Gasteiger partial charge is 0.369 e. The van der Waals surface area contributed by atoms with Gasteiger partial charge in [-0.2, -0.15) is 0 Å². The van der Waals surface area contributed by atoms with Gasteiger partial charge in [-0.1, -0.05) is 17.7 Å². The summed E-state index contributed by atoms with van der Waals surface area (Å²) in [4.78, 5) is 32.5. The molecule has 0 radical (unpaired) electrons. The van der Waals surface area contributed by atoms with Crippen molar-refractivity contribution in [3.05, 3.63) is 29.3 Å². The Morgan fingerprint density at radius 1 is 1.04 bits per heavy atom. The maximum Gasteiger partial charge on any atom is 0.327 e. The minimum absolute atomic E-state index is 0.0000587. The predicted molar refractivity (Wildman–Crippen MR) is 96.9 cm³/mol. The summed E-state index contributed by atoms with van der Waals surface area (Å²) >= 11 is 6.07. The number of piperazine rings is 1. The van der Waals surface area contributed by atoms with Gasteiger partial charge in [0, 0.05) is 56.5 Å². The number of hydrogen-bond donors (Lipinski definition) is 0. The van der Waals surface area contributed by atoms with Gasteiger partial charge in [0.25, 0.3) is 5.91 Å². The van der Waals surface area contributed by atoms with E-state index in [2.05, 4.69) is 15.9 Å². The first kappa shape index (κ1) is 16.7. The van der Waals surface area contributed by atoms with Crippen LogP contribution in [0.3, 0.4) is 0 Å². The Labute approximate surface area is 152 Å². The smallest absolute Gasteiger partial charge is 0.327 e. The molecule has 0 unspecified atom stereocenters. The number of fused-ring (bicyclic) bond motifs is 1. The minimum Gasteiger partial charge on any atom is -0.369 e. The number of anilines is 1. The first-order chi connectivity index (χ1) is 12.1. The molecule has 0 saturated carbocycles. The number of benzene rings is 1. The SMILES string of the molecule is O=C1[C@@H]2CCCN2C(=O)N1CCN1CCN(c2cccc(Cl)c2)CC1. The number of carbonyl (C=O) groups excluding carboxylic acids is 2. The Hall–Kier alpha value is -1.79. The zero-order valence-electron chi connectivity index (χ0n) is 14.2. The second-order valence-corrected chi connectivity index (χ2v) is 7.37. The van der Waals surface area contributed by atoms with E-state index in [9.17, 15) is 9.59 Å². The summed E-state index contributed by atoms with van der Waals surface area (Å²) in [6.45, 7) is 5.69. The van der Waals surface area contributed by atoms with Crippen LogP contribution in [0.25, 0.3) is 0 Å². The molecule has 0 spiro atoms. The van der Waals surface area contributed by atoms with E-state index in [0.29, 0.717) is 6.54 Å². The van der Waals surface area contributed by atoms with Gasteiger partial charge in [-0.3, -0.25) is 14.6 Å². The molecule has 25 heavy (non-hydrogen) atoms. The fourth-order valence-electron chi connectivity index (χ4n) is 4.03. The molecule has 1 aromatic carbocycles. The number of hydrogen-bond acceptors (Lipinski definition) is 4. The fraction of sp³-hybridized carbons (Fsp3) is 0.556. The van der Waals surface area contributed by atoms with E-state index in [4.69, 9.17) is 11.6 Å². The van der Waals surface area contributed by atoms with Crippen LogP contribution in [0.5, 0.6) is 0 Å². The minimum atomic E-state index is -0.188. The zero-order valence-corrected chi connectivity index (χ0v) is 15.0. The summed E-state index contributed by atoms with van der Waals surface area (Å²) in [5.74, 6) is 0.0000587. The molecular weight excluding hydrogens is 340 g/mol. The third-order valence-electron chi connectivity index (χ3n) is 5.47. The normalized spacial score (nSPS) is 24.4. The summed E-state index contributed by atoms with van der Waals surface area (Å²) in [5, 5.41) is 0.756. The van der Waals surface area contributed by atoms with Gasteiger partial charge in [0.2, 0.25) is 0 Å². The van der Waals surface area contributed by atoms with Gasteiger partial charge in [-0.15, -0.1) is 0 Å². The lowest BCUT2D eigenvalue weighted by Crippen LogP contribution is -2.49. The van der Waals surface area contributed by atoms with Crippen molar-refractivity contribution in [3.8, 4) is 0 Å². The molecule has 1 aromatic rings. The second kappa shape index (κ2) is 6.84. The summed E-state index contributed by atoms with van der Waals surface area (Å²) < 4.78 is 0. The molecule has 0 aromatic heterocycles. The van der Waals surface area contributed by atoms with Crippen molar-refractivity contribution in [2.45, 2.75) is 18.9 Å². The lowest BCUT2D eigenvalue weighted by Gasteiger charge is -2.36. The Balaban J connectivity index is 1.28. The molecule has 3 fully saturated rings. The number of urea groups is 1. The molecule has 3 aliphatic heterocycles. The van der Waals surface area contributed by atoms with E-state index in [1.807, 2.05) is 18.2 Å². The average Bonchev–Trinajstić information content (AvgIpc) is 3.19. The summed E-state index contributed by atoms with van der Waals surface area (Å²) in [5.41, 5.74) is 1.15. The molecule has 0 N–H and O–H groups in total. The lowest BCUT2D eigenvalue weighted by molar-refractivity contribution is -0.128. The van der Waals surface area contributed by atoms with Gasteiger partial charge in [0.05, 0.1) is 0 Å². The third-order valence-corrected chi connectivity index (χ3v) is 5.70. The molecule has 1 atom stereocenters. The quantitative estimate of drug-likeness (QED) is 0.767. The van der Waals surface area contributed by atoms with Gasteiger partial charge in [-0.25, -0.2) is 4.79 Å². The number of carbonyl (C=O) groups is 2. The Bertz CT molecular complexity index is 653. The topological polar surface area (TPSA) is 47.1 Å². The van der Waals surface area contributed by atoms with Gasteiger partial charge in [-0.05, 0) is 31.0 Å². The highest BCUT2D eigenvalue weighted by Crippen LogP contribution is 2.27. The molecule has 0 aliphatic carbocycles. The van der Waals surface area contributed by atoms with E-state index < -0.39 is 0 Å². The molecule has 134 valence electrons. The Morgan fingerprint density at radius 3 is 2.56 bits per heavy atom. The van der Waals surface area contributed by atoms with Crippen molar-refractivity contribution in [3.63, 3.8) is 0 Å². The van der Waals surface area contributed by atoms with Gasteiger partial charge < -0.3 is 9.80 Å². The van der Waals surface area contributed by atoms with Gasteiger partial charge in [0.1, 0.15) is 6.04 Å². The number of rotatable bonds is 4. The Kier molecular flexibility index (Phi) is 4.56. The second-order valence-electron chi connectivity index (χ2n) is 6.93. The van der Waals surface area contributed by atoms with Crippen molar-refractivity contribution in [1.82, 2.24) is 14.7 Å². The number of halogens is 1. The third kappa shape index (κ3) is 3.20. The molecule has 3 aliphatic rings. The van der Waals surface area contributed by atoms with Gasteiger partial charge in [0.15, 0.2) is 0 Å². The van der Waals surface area contributed by atoms with Crippen LogP contribution >= 0.6 is 11.6 Å². The molecule has 7 heteroatoms. The van der Waals surface area contributed by atoms with Crippen molar-refractivity contribution >= 4 is 29.2 Å². The zero-order chi connectivity index (χ0) is 17.4.